The molecule has 0 aromatic rings. The van der Waals surface area contributed by atoms with Gasteiger partial charge in [-0.05, 0) is 0 Å². The maximum Gasteiger partial charge on any atom is 0.282 e. The van der Waals surface area contributed by atoms with Gasteiger partial charge in [0.05, 0.1) is 0 Å². The van der Waals surface area contributed by atoms with Gasteiger partial charge in [0.1, 0.15) is 0 Å². The summed E-state index contributed by atoms with van der Waals surface area (Å²) in [6, 6.07) is 0. The van der Waals surface area contributed by atoms with E-state index in [-0.39, 0.29) is 19.8 Å². The second-order valence-corrected chi connectivity index (χ2v) is 0.603. The summed E-state index contributed by atoms with van der Waals surface area (Å²) < 4.78 is 24.0. The molecule has 0 atom stereocenters. The van der Waals surface area contributed by atoms with Gasteiger partial charge in [-0.2, -0.15) is 0 Å². The molecule has 0 heterocycles. The molecule has 0 saturated carbocycles. The minimum Gasteiger partial charge on any atom is -0.321 e. The molecule has 0 bridgehead atoms. The van der Waals surface area contributed by atoms with E-state index in [1.807, 2.05) is 0 Å². The molecule has 0 aliphatic heterocycles. The van der Waals surface area contributed by atoms with Crippen molar-refractivity contribution in [2.24, 2.45) is 0 Å². The first-order valence-electron chi connectivity index (χ1n) is 0.478. The number of hydrogen-bond donors (Lipinski definition) is 1. The maximum atomic E-state index is 8.52. The van der Waals surface area contributed by atoms with Crippen molar-refractivity contribution < 1.29 is 24.8 Å². The van der Waals surface area contributed by atoms with Crippen molar-refractivity contribution in [1.29, 1.82) is 0 Å². The van der Waals surface area contributed by atoms with Crippen molar-refractivity contribution in [1.82, 2.24) is 0 Å². The molecule has 0 aromatic heterocycles. The van der Waals surface area contributed by atoms with Crippen molar-refractivity contribution in [2.45, 2.75) is 0 Å². The Bertz CT molecular complexity index is 11.6. The predicted octanol–water partition coefficient (Wildman–Crippen LogP) is -4.12. The predicted molar refractivity (Wildman–Crippen MR) is 12.2 cm³/mol. The van der Waals surface area contributed by atoms with Gasteiger partial charge in [0.2, 0.25) is 0 Å². The molecule has 0 amide bonds. The quantitative estimate of drug-likeness (QED) is 0.363. The van der Waals surface area contributed by atoms with Gasteiger partial charge in [0.25, 0.3) is 10.8 Å². The van der Waals surface area contributed by atoms with Crippen LogP contribution in [-0.4, -0.2) is 24.4 Å². The fourth-order valence-corrected chi connectivity index (χ4v) is 0. The molecule has 0 aromatic carbocycles. The van der Waals surface area contributed by atoms with Crippen LogP contribution in [0, 0.1) is 10.8 Å². The van der Waals surface area contributed by atoms with E-state index in [1.165, 1.54) is 0 Å². The van der Waals surface area contributed by atoms with E-state index in [2.05, 4.69) is 0 Å². The summed E-state index contributed by atoms with van der Waals surface area (Å²) >= 11 is 0. The molecule has 1 N–H and O–H groups in total. The molecule has 0 spiro atoms. The van der Waals surface area contributed by atoms with Crippen LogP contribution in [0.4, 0.5) is 0 Å². The number of halogens is 1. The molecule has 0 unspecified atom stereocenters. The van der Waals surface area contributed by atoms with E-state index in [4.69, 9.17) is 14.0 Å². The summed E-state index contributed by atoms with van der Waals surface area (Å²) in [7, 11) is -2.60. The third kappa shape index (κ3) is 58.2. The average molecular weight is 157 g/mol. The van der Waals surface area contributed by atoms with Crippen LogP contribution >= 0.6 is 0 Å². The zero-order chi connectivity index (χ0) is 3.58. The molecule has 0 saturated heterocycles. The van der Waals surface area contributed by atoms with Gasteiger partial charge in [0, 0.05) is 4.66 Å². The monoisotopic (exact) mass is 156 g/mol. The van der Waals surface area contributed by atoms with Crippen LogP contribution < -0.4 is 9.32 Å². The van der Waals surface area contributed by atoms with Crippen LogP contribution in [0.5, 0.6) is 0 Å². The molecular formula is H4ClGaO3. The maximum absolute atomic E-state index is 8.52. The van der Waals surface area contributed by atoms with Crippen LogP contribution in [0.1, 0.15) is 0 Å². The van der Waals surface area contributed by atoms with E-state index in [9.17, 15) is 0 Å². The molecule has 5 heavy (non-hydrogen) atoms. The molecule has 0 fully saturated rings. The van der Waals surface area contributed by atoms with Gasteiger partial charge in [-0.15, -0.1) is 0 Å². The third-order valence-electron chi connectivity index (χ3n) is 0. The van der Waals surface area contributed by atoms with Crippen molar-refractivity contribution in [3.63, 3.8) is 0 Å². The summed E-state index contributed by atoms with van der Waals surface area (Å²) in [6.45, 7) is 0. The Balaban J connectivity index is 0. The van der Waals surface area contributed by atoms with Crippen molar-refractivity contribution in [3.05, 3.63) is 0 Å². The van der Waals surface area contributed by atoms with Gasteiger partial charge in [-0.1, -0.05) is 0 Å². The van der Waals surface area contributed by atoms with Crippen LogP contribution in [0.3, 0.4) is 0 Å². The van der Waals surface area contributed by atoms with E-state index < -0.39 is 10.8 Å². The van der Waals surface area contributed by atoms with Gasteiger partial charge >= 0.3 is 19.8 Å². The van der Waals surface area contributed by atoms with Crippen molar-refractivity contribution in [3.8, 4) is 0 Å². The Morgan fingerprint density at radius 2 is 1.40 bits per heavy atom. The minimum atomic E-state index is -2.60. The Labute approximate surface area is 45.1 Å². The molecule has 0 aliphatic carbocycles. The smallest absolute Gasteiger partial charge is 0.282 e. The Morgan fingerprint density at radius 1 is 1.40 bits per heavy atom. The first-order chi connectivity index (χ1) is 1.73. The largest absolute Gasteiger partial charge is 0.321 e. The zero-order valence-electron chi connectivity index (χ0n) is 1.64. The Kier molecular flexibility index (Phi) is 8.90. The van der Waals surface area contributed by atoms with E-state index in [1.54, 1.807) is 0 Å². The molecule has 32 valence electrons. The van der Waals surface area contributed by atoms with Crippen LogP contribution in [0.2, 0.25) is 0 Å². The Hall–Kier alpha value is 0.806. The van der Waals surface area contributed by atoms with Gasteiger partial charge in [0.15, 0.2) is 0 Å². The second-order valence-electron chi connectivity index (χ2n) is 0.201. The van der Waals surface area contributed by atoms with Crippen molar-refractivity contribution in [2.75, 3.05) is 0 Å². The summed E-state index contributed by atoms with van der Waals surface area (Å²) in [5, 5.41) is 0. The van der Waals surface area contributed by atoms with Gasteiger partial charge < -0.3 is 9.32 Å². The summed E-state index contributed by atoms with van der Waals surface area (Å²) in [6.07, 6.45) is 0. The van der Waals surface area contributed by atoms with Gasteiger partial charge in [-0.25, -0.2) is 0 Å². The fraction of sp³-hybridized carbons (Fsp3) is 0. The first kappa shape index (κ1) is 9.26. The van der Waals surface area contributed by atoms with Crippen LogP contribution in [-0.2, 0) is 0 Å². The molecular weight excluding hydrogens is 153 g/mol. The van der Waals surface area contributed by atoms with Gasteiger partial charge in [-0.3, -0.25) is 0 Å². The fourth-order valence-electron chi connectivity index (χ4n) is 0. The molecule has 5 heteroatoms. The standard InChI is InChI=1S/ClHO3.Ga.3H/c2-1(3)4;;;;/h2H;;;;. The normalized spacial score (nSPS) is 7.20. The van der Waals surface area contributed by atoms with Crippen LogP contribution in [0.15, 0.2) is 0 Å². The average Bonchev–Trinajstić information content (AvgIpc) is 0.811. The van der Waals surface area contributed by atoms with E-state index in [0.717, 1.165) is 0 Å². The topological polar surface area (TPSA) is 66.3 Å². The SMILES string of the molecule is [GaH3].[O-][Cl+2]([O-])O. The number of rotatable bonds is 0. The van der Waals surface area contributed by atoms with Crippen molar-refractivity contribution >= 4 is 19.8 Å². The number of hydrogen-bond acceptors (Lipinski definition) is 3. The zero-order valence-corrected chi connectivity index (χ0v) is 2.40. The first-order valence-corrected chi connectivity index (χ1v) is 1.43. The summed E-state index contributed by atoms with van der Waals surface area (Å²) in [4.78, 5) is 0. The Morgan fingerprint density at radius 3 is 1.40 bits per heavy atom. The third-order valence-corrected chi connectivity index (χ3v) is 0. The molecule has 0 radical (unpaired) electrons. The van der Waals surface area contributed by atoms with E-state index >= 15 is 0 Å². The minimum absolute atomic E-state index is 0. The molecule has 3 nitrogen and oxygen atoms in total. The van der Waals surface area contributed by atoms with E-state index in [0.29, 0.717) is 0 Å². The molecule has 0 aliphatic rings. The van der Waals surface area contributed by atoms with Crippen LogP contribution in [0.25, 0.3) is 0 Å². The molecule has 0 rings (SSSR count). The summed E-state index contributed by atoms with van der Waals surface area (Å²) in [5.41, 5.74) is 0. The second kappa shape index (κ2) is 4.81. The summed E-state index contributed by atoms with van der Waals surface area (Å²) in [5.74, 6) is 0.